The standard InChI is InChI=1S/C21H23N3O2/c1-16-10-14-24(15-11-16)21(26)18-3-5-19(6-4-18)23-20(25)7-2-17-8-12-22-13-9-17/h2-9,12-13,16H,10-11,14-15H2,1H3,(H,23,25)/b7-2+. The Bertz CT molecular complexity index is 777. The molecule has 2 aromatic rings. The second-order valence-electron chi connectivity index (χ2n) is 6.66. The summed E-state index contributed by atoms with van der Waals surface area (Å²) in [5, 5.41) is 2.80. The fourth-order valence-corrected chi connectivity index (χ4v) is 2.92. The third-order valence-corrected chi connectivity index (χ3v) is 4.60. The molecule has 1 aromatic carbocycles. The predicted molar refractivity (Wildman–Crippen MR) is 103 cm³/mol. The molecule has 1 aliphatic rings. The zero-order chi connectivity index (χ0) is 18.4. The van der Waals surface area contributed by atoms with Crippen LogP contribution in [0.5, 0.6) is 0 Å². The van der Waals surface area contributed by atoms with E-state index in [0.29, 0.717) is 17.2 Å². The molecule has 0 atom stereocenters. The minimum Gasteiger partial charge on any atom is -0.339 e. The number of rotatable bonds is 4. The van der Waals surface area contributed by atoms with Gasteiger partial charge in [-0.2, -0.15) is 0 Å². The van der Waals surface area contributed by atoms with Crippen LogP contribution in [0.15, 0.2) is 54.9 Å². The van der Waals surface area contributed by atoms with E-state index in [1.165, 1.54) is 6.08 Å². The first kappa shape index (κ1) is 17.9. The maximum atomic E-state index is 12.5. The molecule has 2 amide bonds. The minimum atomic E-state index is -0.217. The number of likely N-dealkylation sites (tertiary alicyclic amines) is 1. The van der Waals surface area contributed by atoms with Crippen molar-refractivity contribution in [1.29, 1.82) is 0 Å². The van der Waals surface area contributed by atoms with Crippen molar-refractivity contribution in [3.63, 3.8) is 0 Å². The maximum Gasteiger partial charge on any atom is 0.253 e. The molecule has 0 bridgehead atoms. The van der Waals surface area contributed by atoms with Gasteiger partial charge in [-0.15, -0.1) is 0 Å². The number of pyridine rings is 1. The molecule has 0 unspecified atom stereocenters. The van der Waals surface area contributed by atoms with Crippen LogP contribution < -0.4 is 5.32 Å². The SMILES string of the molecule is CC1CCN(C(=O)c2ccc(NC(=O)/C=C/c3ccncc3)cc2)CC1. The summed E-state index contributed by atoms with van der Waals surface area (Å²) in [4.78, 5) is 30.4. The van der Waals surface area contributed by atoms with Gasteiger partial charge in [0.25, 0.3) is 5.91 Å². The third-order valence-electron chi connectivity index (χ3n) is 4.60. The number of carbonyl (C=O) groups is 2. The Morgan fingerprint density at radius 2 is 1.73 bits per heavy atom. The zero-order valence-corrected chi connectivity index (χ0v) is 14.9. The van der Waals surface area contributed by atoms with E-state index >= 15 is 0 Å². The van der Waals surface area contributed by atoms with Crippen LogP contribution >= 0.6 is 0 Å². The largest absolute Gasteiger partial charge is 0.339 e. The van der Waals surface area contributed by atoms with Gasteiger partial charge in [0.2, 0.25) is 5.91 Å². The lowest BCUT2D eigenvalue weighted by molar-refractivity contribution is -0.111. The fourth-order valence-electron chi connectivity index (χ4n) is 2.92. The summed E-state index contributed by atoms with van der Waals surface area (Å²) in [6.45, 7) is 3.86. The number of amides is 2. The van der Waals surface area contributed by atoms with Gasteiger partial charge in [-0.1, -0.05) is 6.92 Å². The summed E-state index contributed by atoms with van der Waals surface area (Å²) < 4.78 is 0. The summed E-state index contributed by atoms with van der Waals surface area (Å²) in [5.41, 5.74) is 2.23. The molecule has 26 heavy (non-hydrogen) atoms. The van der Waals surface area contributed by atoms with Crippen LogP contribution in [-0.4, -0.2) is 34.8 Å². The van der Waals surface area contributed by atoms with E-state index in [1.807, 2.05) is 17.0 Å². The Balaban J connectivity index is 1.56. The Morgan fingerprint density at radius 1 is 1.08 bits per heavy atom. The summed E-state index contributed by atoms with van der Waals surface area (Å²) in [6.07, 6.45) is 8.68. The number of carbonyl (C=O) groups excluding carboxylic acids is 2. The lowest BCUT2D eigenvalue weighted by atomic mass is 9.98. The molecule has 1 aliphatic heterocycles. The average Bonchev–Trinajstić information content (AvgIpc) is 2.68. The number of nitrogens with zero attached hydrogens (tertiary/aromatic N) is 2. The Hall–Kier alpha value is -2.95. The topological polar surface area (TPSA) is 62.3 Å². The highest BCUT2D eigenvalue weighted by atomic mass is 16.2. The molecule has 0 radical (unpaired) electrons. The van der Waals surface area contributed by atoms with Gasteiger partial charge < -0.3 is 10.2 Å². The van der Waals surface area contributed by atoms with E-state index in [2.05, 4.69) is 17.2 Å². The Kier molecular flexibility index (Phi) is 5.79. The molecule has 5 heteroatoms. The zero-order valence-electron chi connectivity index (χ0n) is 14.9. The van der Waals surface area contributed by atoms with Gasteiger partial charge in [-0.25, -0.2) is 0 Å². The van der Waals surface area contributed by atoms with Crippen LogP contribution in [0.3, 0.4) is 0 Å². The van der Waals surface area contributed by atoms with E-state index in [1.54, 1.807) is 42.7 Å². The minimum absolute atomic E-state index is 0.0624. The van der Waals surface area contributed by atoms with Gasteiger partial charge in [0.15, 0.2) is 0 Å². The first-order chi connectivity index (χ1) is 12.6. The van der Waals surface area contributed by atoms with E-state index in [0.717, 1.165) is 31.5 Å². The van der Waals surface area contributed by atoms with Crippen LogP contribution in [0.1, 0.15) is 35.7 Å². The highest BCUT2D eigenvalue weighted by Crippen LogP contribution is 2.19. The van der Waals surface area contributed by atoms with Crippen LogP contribution in [0.4, 0.5) is 5.69 Å². The molecule has 2 heterocycles. The monoisotopic (exact) mass is 349 g/mol. The Labute approximate surface area is 153 Å². The van der Waals surface area contributed by atoms with Crippen molar-refractivity contribution in [3.05, 3.63) is 66.0 Å². The quantitative estimate of drug-likeness (QED) is 0.858. The summed E-state index contributed by atoms with van der Waals surface area (Å²) in [7, 11) is 0. The van der Waals surface area contributed by atoms with Crippen LogP contribution in [0.2, 0.25) is 0 Å². The summed E-state index contributed by atoms with van der Waals surface area (Å²) >= 11 is 0. The molecule has 0 saturated carbocycles. The van der Waals surface area contributed by atoms with Gasteiger partial charge in [0.05, 0.1) is 0 Å². The first-order valence-electron chi connectivity index (χ1n) is 8.90. The average molecular weight is 349 g/mol. The second kappa shape index (κ2) is 8.43. The molecule has 1 N–H and O–H groups in total. The molecule has 0 spiro atoms. The van der Waals surface area contributed by atoms with Gasteiger partial charge in [-0.3, -0.25) is 14.6 Å². The van der Waals surface area contributed by atoms with Crippen molar-refractivity contribution in [2.75, 3.05) is 18.4 Å². The third kappa shape index (κ3) is 4.79. The molecule has 5 nitrogen and oxygen atoms in total. The van der Waals surface area contributed by atoms with E-state index in [4.69, 9.17) is 0 Å². The van der Waals surface area contributed by atoms with E-state index < -0.39 is 0 Å². The normalized spacial score (nSPS) is 15.2. The molecular weight excluding hydrogens is 326 g/mol. The second-order valence-corrected chi connectivity index (χ2v) is 6.66. The Morgan fingerprint density at radius 3 is 2.38 bits per heavy atom. The highest BCUT2D eigenvalue weighted by Gasteiger charge is 2.21. The van der Waals surface area contributed by atoms with Crippen LogP contribution in [0.25, 0.3) is 6.08 Å². The van der Waals surface area contributed by atoms with E-state index in [-0.39, 0.29) is 11.8 Å². The lowest BCUT2D eigenvalue weighted by Crippen LogP contribution is -2.37. The number of benzene rings is 1. The number of piperidine rings is 1. The van der Waals surface area contributed by atoms with Crippen molar-refractivity contribution in [1.82, 2.24) is 9.88 Å². The highest BCUT2D eigenvalue weighted by molar-refractivity contribution is 6.02. The van der Waals surface area contributed by atoms with Gasteiger partial charge in [0.1, 0.15) is 0 Å². The van der Waals surface area contributed by atoms with Crippen molar-refractivity contribution in [2.45, 2.75) is 19.8 Å². The van der Waals surface area contributed by atoms with Gasteiger partial charge in [0, 0.05) is 42.8 Å². The molecular formula is C21H23N3O2. The number of anilines is 1. The maximum absolute atomic E-state index is 12.5. The molecule has 3 rings (SSSR count). The van der Waals surface area contributed by atoms with Crippen LogP contribution in [-0.2, 0) is 4.79 Å². The number of nitrogens with one attached hydrogen (secondary N) is 1. The van der Waals surface area contributed by atoms with Crippen molar-refractivity contribution < 1.29 is 9.59 Å². The fraction of sp³-hybridized carbons (Fsp3) is 0.286. The van der Waals surface area contributed by atoms with Crippen molar-refractivity contribution in [2.24, 2.45) is 5.92 Å². The molecule has 134 valence electrons. The van der Waals surface area contributed by atoms with Gasteiger partial charge >= 0.3 is 0 Å². The summed E-state index contributed by atoms with van der Waals surface area (Å²) in [5.74, 6) is 0.537. The van der Waals surface area contributed by atoms with E-state index in [9.17, 15) is 9.59 Å². The number of hydrogen-bond donors (Lipinski definition) is 1. The molecule has 1 fully saturated rings. The van der Waals surface area contributed by atoms with Crippen LogP contribution in [0, 0.1) is 5.92 Å². The first-order valence-corrected chi connectivity index (χ1v) is 8.90. The van der Waals surface area contributed by atoms with Gasteiger partial charge in [-0.05, 0) is 66.8 Å². The van der Waals surface area contributed by atoms with Crippen molar-refractivity contribution >= 4 is 23.6 Å². The molecule has 1 saturated heterocycles. The lowest BCUT2D eigenvalue weighted by Gasteiger charge is -2.30. The summed E-state index contributed by atoms with van der Waals surface area (Å²) in [6, 6.07) is 10.7. The predicted octanol–water partition coefficient (Wildman–Crippen LogP) is 3.61. The number of aromatic nitrogens is 1. The molecule has 1 aromatic heterocycles. The molecule has 0 aliphatic carbocycles. The smallest absolute Gasteiger partial charge is 0.253 e. The van der Waals surface area contributed by atoms with Crippen molar-refractivity contribution in [3.8, 4) is 0 Å². The number of hydrogen-bond acceptors (Lipinski definition) is 3.